The third-order valence-electron chi connectivity index (χ3n) is 6.93. The van der Waals surface area contributed by atoms with Crippen LogP contribution in [0.15, 0.2) is 4.52 Å². The summed E-state index contributed by atoms with van der Waals surface area (Å²) in [5.41, 5.74) is 1.43. The zero-order valence-corrected chi connectivity index (χ0v) is 17.0. The number of rotatable bonds is 3. The third kappa shape index (κ3) is 3.81. The van der Waals surface area contributed by atoms with Crippen LogP contribution in [0.1, 0.15) is 60.3 Å². The summed E-state index contributed by atoms with van der Waals surface area (Å²) in [6.45, 7) is 8.43. The molecule has 0 unspecified atom stereocenters. The van der Waals surface area contributed by atoms with Crippen molar-refractivity contribution in [2.24, 2.45) is 11.3 Å². The van der Waals surface area contributed by atoms with Gasteiger partial charge in [-0.15, -0.1) is 0 Å². The van der Waals surface area contributed by atoms with Gasteiger partial charge >= 0.3 is 0 Å². The van der Waals surface area contributed by atoms with Crippen molar-refractivity contribution in [1.82, 2.24) is 15.0 Å². The van der Waals surface area contributed by atoms with Crippen molar-refractivity contribution in [3.63, 3.8) is 0 Å². The van der Waals surface area contributed by atoms with Crippen LogP contribution in [-0.2, 0) is 9.53 Å². The Kier molecular flexibility index (Phi) is 5.45. The summed E-state index contributed by atoms with van der Waals surface area (Å²) in [4.78, 5) is 29.4. The molecule has 154 valence electrons. The van der Waals surface area contributed by atoms with E-state index in [1.165, 1.54) is 0 Å². The molecule has 3 saturated heterocycles. The molecule has 3 aliphatic rings. The SMILES string of the molecule is Cc1noc(C)c1C(=O)N1CCC2(CCC(=O)N(CC3CCOCC3)C2)CC1. The number of carbonyl (C=O) groups is 2. The van der Waals surface area contributed by atoms with Crippen LogP contribution < -0.4 is 0 Å². The van der Waals surface area contributed by atoms with Gasteiger partial charge in [0.25, 0.3) is 5.91 Å². The summed E-state index contributed by atoms with van der Waals surface area (Å²) >= 11 is 0. The lowest BCUT2D eigenvalue weighted by atomic mass is 9.72. The molecule has 4 rings (SSSR count). The minimum atomic E-state index is 0.0250. The molecule has 0 bridgehead atoms. The maximum Gasteiger partial charge on any atom is 0.259 e. The topological polar surface area (TPSA) is 75.9 Å². The summed E-state index contributed by atoms with van der Waals surface area (Å²) in [6, 6.07) is 0. The van der Waals surface area contributed by atoms with Crippen molar-refractivity contribution in [3.05, 3.63) is 17.0 Å². The van der Waals surface area contributed by atoms with E-state index in [9.17, 15) is 9.59 Å². The quantitative estimate of drug-likeness (QED) is 0.794. The zero-order valence-electron chi connectivity index (χ0n) is 17.0. The van der Waals surface area contributed by atoms with Crippen LogP contribution in [-0.4, -0.2) is 66.2 Å². The van der Waals surface area contributed by atoms with Crippen LogP contribution in [0.5, 0.6) is 0 Å². The van der Waals surface area contributed by atoms with Crippen LogP contribution in [0, 0.1) is 25.2 Å². The maximum absolute atomic E-state index is 12.9. The molecule has 0 aromatic carbocycles. The Balaban J connectivity index is 1.37. The molecule has 0 radical (unpaired) electrons. The fraction of sp³-hybridized carbons (Fsp3) is 0.762. The molecule has 1 aromatic heterocycles. The molecule has 28 heavy (non-hydrogen) atoms. The predicted molar refractivity (Wildman–Crippen MR) is 103 cm³/mol. The highest BCUT2D eigenvalue weighted by molar-refractivity contribution is 5.96. The number of amides is 2. The molecule has 0 aliphatic carbocycles. The molecular formula is C21H31N3O4. The van der Waals surface area contributed by atoms with Crippen molar-refractivity contribution in [2.75, 3.05) is 39.4 Å². The third-order valence-corrected chi connectivity index (χ3v) is 6.93. The van der Waals surface area contributed by atoms with Crippen LogP contribution in [0.25, 0.3) is 0 Å². The Hall–Kier alpha value is -1.89. The second kappa shape index (κ2) is 7.85. The molecule has 0 saturated carbocycles. The lowest BCUT2D eigenvalue weighted by Crippen LogP contribution is -2.53. The number of nitrogens with zero attached hydrogens (tertiary/aromatic N) is 3. The van der Waals surface area contributed by atoms with Crippen molar-refractivity contribution in [1.29, 1.82) is 0 Å². The summed E-state index contributed by atoms with van der Waals surface area (Å²) in [5.74, 6) is 1.48. The van der Waals surface area contributed by atoms with Gasteiger partial charge in [-0.05, 0) is 57.3 Å². The second-order valence-corrected chi connectivity index (χ2v) is 8.82. The Morgan fingerprint density at radius 3 is 2.54 bits per heavy atom. The Morgan fingerprint density at radius 2 is 1.89 bits per heavy atom. The van der Waals surface area contributed by atoms with Gasteiger partial charge in [0.15, 0.2) is 0 Å². The fourth-order valence-electron chi connectivity index (χ4n) is 5.05. The molecule has 7 heteroatoms. The Labute approximate surface area is 166 Å². The van der Waals surface area contributed by atoms with E-state index in [-0.39, 0.29) is 11.3 Å². The molecule has 2 amide bonds. The van der Waals surface area contributed by atoms with E-state index in [0.717, 1.165) is 71.5 Å². The van der Waals surface area contributed by atoms with Gasteiger partial charge < -0.3 is 19.1 Å². The maximum atomic E-state index is 12.9. The highest BCUT2D eigenvalue weighted by Gasteiger charge is 2.42. The number of hydrogen-bond acceptors (Lipinski definition) is 5. The minimum absolute atomic E-state index is 0.0250. The van der Waals surface area contributed by atoms with Gasteiger partial charge in [0.1, 0.15) is 11.3 Å². The van der Waals surface area contributed by atoms with Gasteiger partial charge in [-0.25, -0.2) is 0 Å². The first-order chi connectivity index (χ1) is 13.5. The average Bonchev–Trinajstić information content (AvgIpc) is 3.04. The normalized spacial score (nSPS) is 23.4. The number of hydrogen-bond donors (Lipinski definition) is 0. The average molecular weight is 389 g/mol. The Bertz CT molecular complexity index is 711. The summed E-state index contributed by atoms with van der Waals surface area (Å²) in [7, 11) is 0. The van der Waals surface area contributed by atoms with Gasteiger partial charge in [-0.3, -0.25) is 9.59 Å². The van der Waals surface area contributed by atoms with Gasteiger partial charge in [0.2, 0.25) is 5.91 Å². The predicted octanol–water partition coefficient (Wildman–Crippen LogP) is 2.56. The van der Waals surface area contributed by atoms with E-state index in [1.807, 2.05) is 11.8 Å². The van der Waals surface area contributed by atoms with E-state index in [4.69, 9.17) is 9.26 Å². The number of piperidine rings is 2. The highest BCUT2D eigenvalue weighted by atomic mass is 16.5. The lowest BCUT2D eigenvalue weighted by Gasteiger charge is -2.48. The van der Waals surface area contributed by atoms with Gasteiger partial charge in [0, 0.05) is 45.8 Å². The summed E-state index contributed by atoms with van der Waals surface area (Å²) < 4.78 is 10.6. The summed E-state index contributed by atoms with van der Waals surface area (Å²) in [5, 5.41) is 3.91. The number of likely N-dealkylation sites (tertiary alicyclic amines) is 2. The molecule has 1 aromatic rings. The van der Waals surface area contributed by atoms with E-state index >= 15 is 0 Å². The molecule has 7 nitrogen and oxygen atoms in total. The molecule has 4 heterocycles. The first kappa shape index (κ1) is 19.4. The van der Waals surface area contributed by atoms with Crippen LogP contribution in [0.4, 0.5) is 0 Å². The molecule has 1 spiro atoms. The molecule has 3 fully saturated rings. The fourth-order valence-corrected chi connectivity index (χ4v) is 5.05. The highest BCUT2D eigenvalue weighted by Crippen LogP contribution is 2.41. The van der Waals surface area contributed by atoms with E-state index in [2.05, 4.69) is 10.1 Å². The number of aryl methyl sites for hydroxylation is 2. The lowest BCUT2D eigenvalue weighted by molar-refractivity contribution is -0.140. The molecule has 0 N–H and O–H groups in total. The van der Waals surface area contributed by atoms with Gasteiger partial charge in [-0.1, -0.05) is 5.16 Å². The smallest absolute Gasteiger partial charge is 0.259 e. The van der Waals surface area contributed by atoms with Gasteiger partial charge in [-0.2, -0.15) is 0 Å². The summed E-state index contributed by atoms with van der Waals surface area (Å²) in [6.07, 6.45) is 5.61. The number of aromatic nitrogens is 1. The largest absolute Gasteiger partial charge is 0.381 e. The van der Waals surface area contributed by atoms with Crippen LogP contribution >= 0.6 is 0 Å². The van der Waals surface area contributed by atoms with Crippen molar-refractivity contribution < 1.29 is 18.8 Å². The van der Waals surface area contributed by atoms with Crippen molar-refractivity contribution in [3.8, 4) is 0 Å². The molecular weight excluding hydrogens is 358 g/mol. The van der Waals surface area contributed by atoms with Crippen LogP contribution in [0.2, 0.25) is 0 Å². The monoisotopic (exact) mass is 389 g/mol. The first-order valence-electron chi connectivity index (χ1n) is 10.6. The van der Waals surface area contributed by atoms with Crippen molar-refractivity contribution in [2.45, 2.75) is 52.4 Å². The molecule has 0 atom stereocenters. The van der Waals surface area contributed by atoms with E-state index < -0.39 is 0 Å². The standard InChI is InChI=1S/C21H31N3O4/c1-15-19(16(2)28-22-15)20(26)23-9-7-21(8-10-23)6-3-18(25)24(14-21)13-17-4-11-27-12-5-17/h17H,3-14H2,1-2H3. The van der Waals surface area contributed by atoms with E-state index in [0.29, 0.717) is 35.3 Å². The second-order valence-electron chi connectivity index (χ2n) is 8.82. The number of carbonyl (C=O) groups excluding carboxylic acids is 2. The minimum Gasteiger partial charge on any atom is -0.381 e. The first-order valence-corrected chi connectivity index (χ1v) is 10.6. The van der Waals surface area contributed by atoms with Crippen molar-refractivity contribution >= 4 is 11.8 Å². The number of ether oxygens (including phenoxy) is 1. The zero-order chi connectivity index (χ0) is 19.7. The van der Waals surface area contributed by atoms with Gasteiger partial charge in [0.05, 0.1) is 5.69 Å². The van der Waals surface area contributed by atoms with E-state index in [1.54, 1.807) is 6.92 Å². The van der Waals surface area contributed by atoms with Crippen LogP contribution in [0.3, 0.4) is 0 Å². The Morgan fingerprint density at radius 1 is 1.18 bits per heavy atom. The molecule has 3 aliphatic heterocycles.